The van der Waals surface area contributed by atoms with Crippen LogP contribution in [-0.4, -0.2) is 18.1 Å². The van der Waals surface area contributed by atoms with Gasteiger partial charge in [-0.15, -0.1) is 0 Å². The Labute approximate surface area is 118 Å². The number of ether oxygens (including phenoxy) is 1. The Morgan fingerprint density at radius 2 is 2.10 bits per heavy atom. The molecular weight excluding hydrogens is 254 g/mol. The van der Waals surface area contributed by atoms with Gasteiger partial charge >= 0.3 is 0 Å². The maximum Gasteiger partial charge on any atom is 0.251 e. The number of hydrogen-bond donors (Lipinski definition) is 2. The van der Waals surface area contributed by atoms with Gasteiger partial charge in [0.15, 0.2) is 0 Å². The van der Waals surface area contributed by atoms with Crippen LogP contribution in [0.1, 0.15) is 19.4 Å². The van der Waals surface area contributed by atoms with Gasteiger partial charge in [0, 0.05) is 22.9 Å². The van der Waals surface area contributed by atoms with Crippen LogP contribution in [0.2, 0.25) is 0 Å². The second-order valence-electron chi connectivity index (χ2n) is 4.02. The summed E-state index contributed by atoms with van der Waals surface area (Å²) in [5.41, 5.74) is 6.56. The van der Waals surface area contributed by atoms with Crippen molar-refractivity contribution in [3.63, 3.8) is 0 Å². The summed E-state index contributed by atoms with van der Waals surface area (Å²) in [4.78, 5) is 14.6. The van der Waals surface area contributed by atoms with Crippen LogP contribution < -0.4 is 16.0 Å². The number of nitrogens with one attached hydrogen (secondary N) is 1. The molecule has 1 heterocycles. The van der Waals surface area contributed by atoms with Gasteiger partial charge in [-0.2, -0.15) is 5.26 Å². The van der Waals surface area contributed by atoms with Crippen LogP contribution in [0.5, 0.6) is 5.75 Å². The quantitative estimate of drug-likeness (QED) is 0.894. The average molecular weight is 273 g/mol. The summed E-state index contributed by atoms with van der Waals surface area (Å²) in [6, 6.07) is 8.37. The van der Waals surface area contributed by atoms with Gasteiger partial charge in [0.05, 0.1) is 19.2 Å². The van der Waals surface area contributed by atoms with Crippen LogP contribution in [0.3, 0.4) is 0 Å². The topological polar surface area (TPSA) is 91.9 Å². The molecule has 0 aliphatic carbocycles. The van der Waals surface area contributed by atoms with Gasteiger partial charge in [-0.05, 0) is 24.3 Å². The van der Waals surface area contributed by atoms with E-state index in [1.807, 2.05) is 26.0 Å². The Morgan fingerprint density at radius 1 is 1.40 bits per heavy atom. The number of nitrogens with two attached hydrogens (primary N) is 1. The fourth-order valence-electron chi connectivity index (χ4n) is 1.79. The van der Waals surface area contributed by atoms with E-state index in [1.165, 1.54) is 0 Å². The molecule has 1 aromatic heterocycles. The van der Waals surface area contributed by atoms with E-state index in [0.29, 0.717) is 11.3 Å². The number of aromatic nitrogens is 1. The standard InChI is InChI=1S/C13H13N3O2.C2H6/c1-18-11-2-3-12-8(6-11)4-9(13(17)16-12)5-10(15)7-14;1-2/h2-4,6,10H,5,15H2,1H3,(H,16,17);1-2H3. The molecule has 0 aliphatic rings. The lowest BCUT2D eigenvalue weighted by molar-refractivity contribution is 0.415. The largest absolute Gasteiger partial charge is 0.497 e. The zero-order chi connectivity index (χ0) is 15.1. The summed E-state index contributed by atoms with van der Waals surface area (Å²) in [5, 5.41) is 9.53. The van der Waals surface area contributed by atoms with Crippen molar-refractivity contribution in [2.24, 2.45) is 5.73 Å². The van der Waals surface area contributed by atoms with E-state index in [0.717, 1.165) is 10.9 Å². The molecule has 20 heavy (non-hydrogen) atoms. The monoisotopic (exact) mass is 273 g/mol. The lowest BCUT2D eigenvalue weighted by atomic mass is 10.1. The zero-order valence-electron chi connectivity index (χ0n) is 11.9. The highest BCUT2D eigenvalue weighted by molar-refractivity contribution is 5.80. The highest BCUT2D eigenvalue weighted by Gasteiger charge is 2.08. The molecule has 1 unspecified atom stereocenters. The third-order valence-electron chi connectivity index (χ3n) is 2.73. The fraction of sp³-hybridized carbons (Fsp3) is 0.333. The number of nitrogens with zero attached hydrogens (tertiary/aromatic N) is 1. The van der Waals surface area contributed by atoms with Crippen molar-refractivity contribution in [3.8, 4) is 11.8 Å². The molecule has 3 N–H and O–H groups in total. The number of nitriles is 1. The summed E-state index contributed by atoms with van der Waals surface area (Å²) in [6.45, 7) is 4.00. The Balaban J connectivity index is 0.000000956. The molecule has 0 bridgehead atoms. The molecule has 0 aliphatic heterocycles. The van der Waals surface area contributed by atoms with E-state index in [-0.39, 0.29) is 12.0 Å². The Hall–Kier alpha value is -2.32. The highest BCUT2D eigenvalue weighted by atomic mass is 16.5. The maximum absolute atomic E-state index is 11.8. The third kappa shape index (κ3) is 3.59. The maximum atomic E-state index is 11.8. The van der Waals surface area contributed by atoms with Crippen LogP contribution in [0.4, 0.5) is 0 Å². The van der Waals surface area contributed by atoms with Crippen LogP contribution >= 0.6 is 0 Å². The van der Waals surface area contributed by atoms with E-state index in [4.69, 9.17) is 15.7 Å². The van der Waals surface area contributed by atoms with Crippen molar-refractivity contribution in [2.45, 2.75) is 26.3 Å². The molecule has 0 spiro atoms. The molecule has 106 valence electrons. The number of fused-ring (bicyclic) bond motifs is 1. The molecule has 0 radical (unpaired) electrons. The van der Waals surface area contributed by atoms with Crippen molar-refractivity contribution < 1.29 is 4.74 Å². The van der Waals surface area contributed by atoms with Gasteiger partial charge < -0.3 is 15.5 Å². The number of aromatic amines is 1. The summed E-state index contributed by atoms with van der Waals surface area (Å²) in [7, 11) is 1.58. The van der Waals surface area contributed by atoms with E-state index >= 15 is 0 Å². The molecule has 1 aromatic carbocycles. The molecule has 0 fully saturated rings. The first-order valence-corrected chi connectivity index (χ1v) is 6.49. The van der Waals surface area contributed by atoms with Crippen molar-refractivity contribution in [2.75, 3.05) is 7.11 Å². The van der Waals surface area contributed by atoms with Crippen molar-refractivity contribution in [3.05, 3.63) is 40.2 Å². The van der Waals surface area contributed by atoms with Crippen LogP contribution in [0.25, 0.3) is 10.9 Å². The predicted octanol–water partition coefficient (Wildman–Crippen LogP) is 1.96. The van der Waals surface area contributed by atoms with E-state index < -0.39 is 6.04 Å². The summed E-state index contributed by atoms with van der Waals surface area (Å²) in [6.07, 6.45) is 0.235. The molecule has 1 atom stereocenters. The van der Waals surface area contributed by atoms with Crippen molar-refractivity contribution in [1.82, 2.24) is 4.98 Å². The van der Waals surface area contributed by atoms with Gasteiger partial charge in [-0.1, -0.05) is 13.8 Å². The molecular formula is C15H19N3O2. The van der Waals surface area contributed by atoms with E-state index in [2.05, 4.69) is 4.98 Å². The van der Waals surface area contributed by atoms with Crippen molar-refractivity contribution >= 4 is 10.9 Å². The summed E-state index contributed by atoms with van der Waals surface area (Å²) < 4.78 is 5.13. The molecule has 0 saturated carbocycles. The molecule has 2 rings (SSSR count). The van der Waals surface area contributed by atoms with Gasteiger partial charge in [0.2, 0.25) is 0 Å². The number of hydrogen-bond acceptors (Lipinski definition) is 4. The van der Waals surface area contributed by atoms with Crippen LogP contribution in [0.15, 0.2) is 29.1 Å². The second-order valence-corrected chi connectivity index (χ2v) is 4.02. The first kappa shape index (κ1) is 15.7. The smallest absolute Gasteiger partial charge is 0.251 e. The molecule has 5 heteroatoms. The van der Waals surface area contributed by atoms with Gasteiger partial charge in [-0.25, -0.2) is 0 Å². The van der Waals surface area contributed by atoms with Crippen molar-refractivity contribution in [1.29, 1.82) is 5.26 Å². The van der Waals surface area contributed by atoms with E-state index in [1.54, 1.807) is 25.3 Å². The Morgan fingerprint density at radius 3 is 2.70 bits per heavy atom. The Kier molecular flexibility index (Phi) is 5.75. The summed E-state index contributed by atoms with van der Waals surface area (Å²) >= 11 is 0. The van der Waals surface area contributed by atoms with Crippen LogP contribution in [-0.2, 0) is 6.42 Å². The average Bonchev–Trinajstić information content (AvgIpc) is 2.49. The molecule has 5 nitrogen and oxygen atoms in total. The molecule has 2 aromatic rings. The fourth-order valence-corrected chi connectivity index (χ4v) is 1.79. The first-order chi connectivity index (χ1) is 9.63. The minimum atomic E-state index is -0.672. The number of rotatable bonds is 3. The Bertz CT molecular complexity index is 671. The lowest BCUT2D eigenvalue weighted by Gasteiger charge is -2.06. The van der Waals surface area contributed by atoms with Gasteiger partial charge in [0.25, 0.3) is 5.56 Å². The second kappa shape index (κ2) is 7.31. The minimum absolute atomic E-state index is 0.210. The number of methoxy groups -OCH3 is 1. The number of pyridine rings is 1. The SMILES string of the molecule is CC.COc1ccc2[nH]c(=O)c(CC(N)C#N)cc2c1. The summed E-state index contributed by atoms with van der Waals surface area (Å²) in [5.74, 6) is 0.713. The predicted molar refractivity (Wildman–Crippen MR) is 79.8 cm³/mol. The minimum Gasteiger partial charge on any atom is -0.497 e. The van der Waals surface area contributed by atoms with Gasteiger partial charge in [0.1, 0.15) is 5.75 Å². The lowest BCUT2D eigenvalue weighted by Crippen LogP contribution is -2.25. The number of H-pyrrole nitrogens is 1. The van der Waals surface area contributed by atoms with Gasteiger partial charge in [-0.3, -0.25) is 4.79 Å². The third-order valence-corrected chi connectivity index (χ3v) is 2.73. The van der Waals surface area contributed by atoms with Crippen LogP contribution in [0, 0.1) is 11.3 Å². The molecule has 0 amide bonds. The highest BCUT2D eigenvalue weighted by Crippen LogP contribution is 2.18. The molecule has 0 saturated heterocycles. The normalized spacial score (nSPS) is 11.2. The number of benzene rings is 1. The first-order valence-electron chi connectivity index (χ1n) is 6.49. The zero-order valence-corrected chi connectivity index (χ0v) is 11.9. The van der Waals surface area contributed by atoms with E-state index in [9.17, 15) is 4.79 Å².